The third-order valence-electron chi connectivity index (χ3n) is 8.79. The minimum absolute atomic E-state index is 0.0503. The molecule has 4 atom stereocenters. The lowest BCUT2D eigenvalue weighted by Gasteiger charge is -2.28. The highest BCUT2D eigenvalue weighted by molar-refractivity contribution is 7.45. The lowest BCUT2D eigenvalue weighted by atomic mass is 10.0. The number of carbonyl (C=O) groups is 2. The summed E-state index contributed by atoms with van der Waals surface area (Å²) in [6.07, 6.45) is 24.7. The molecule has 0 saturated heterocycles. The lowest BCUT2D eigenvalue weighted by molar-refractivity contribution is -0.870. The molecule has 0 spiro atoms. The van der Waals surface area contributed by atoms with Gasteiger partial charge in [-0.15, -0.1) is 0 Å². The van der Waals surface area contributed by atoms with Gasteiger partial charge in [0.15, 0.2) is 6.10 Å². The van der Waals surface area contributed by atoms with Crippen LogP contribution >= 0.6 is 7.82 Å². The zero-order valence-corrected chi connectivity index (χ0v) is 34.0. The standard InChI is InChI=1S/C40H80NO8P/c1-6-8-10-12-14-16-18-20-22-24-26-28-30-32-39(42)46-36-38(37-48-50(44,45)47-35-34-41(3,4)5)49-40(43)33-31-29-27-25-23-21-19-17-15-13-11-9-7-2/h38H,6-37H2,1-5H3/t38-/m1/s1/i19T,21T/t19?,21?,38-. The van der Waals surface area contributed by atoms with E-state index in [1.54, 1.807) is 0 Å². The van der Waals surface area contributed by atoms with Gasteiger partial charge in [-0.05, 0) is 12.8 Å². The summed E-state index contributed by atoms with van der Waals surface area (Å²) in [6, 6.07) is 0. The summed E-state index contributed by atoms with van der Waals surface area (Å²) in [4.78, 5) is 37.5. The summed E-state index contributed by atoms with van der Waals surface area (Å²) in [5.74, 6) is -0.923. The highest BCUT2D eigenvalue weighted by Gasteiger charge is 2.21. The smallest absolute Gasteiger partial charge is 0.306 e. The average Bonchev–Trinajstić information content (AvgIpc) is 3.08. The van der Waals surface area contributed by atoms with E-state index in [-0.39, 0.29) is 38.8 Å². The number of esters is 2. The van der Waals surface area contributed by atoms with E-state index in [0.29, 0.717) is 23.9 Å². The molecule has 50 heavy (non-hydrogen) atoms. The third-order valence-corrected chi connectivity index (χ3v) is 9.75. The number of hydrogen-bond acceptors (Lipinski definition) is 8. The molecule has 0 amide bonds. The first-order valence-electron chi connectivity index (χ1n) is 21.5. The molecule has 9 nitrogen and oxygen atoms in total. The number of phosphoric acid groups is 1. The molecule has 0 rings (SSSR count). The molecule has 0 aromatic carbocycles. The molecule has 0 fully saturated rings. The molecule has 0 heterocycles. The first kappa shape index (κ1) is 45.2. The molecular formula is C40H80NO8P. The predicted octanol–water partition coefficient (Wildman–Crippen LogP) is 10.6. The summed E-state index contributed by atoms with van der Waals surface area (Å²) in [7, 11) is 1.10. The Bertz CT molecular complexity index is 907. The molecule has 10 heteroatoms. The van der Waals surface area contributed by atoms with Crippen molar-refractivity contribution in [3.8, 4) is 0 Å². The van der Waals surface area contributed by atoms with Crippen molar-refractivity contribution >= 4 is 19.8 Å². The molecule has 0 aliphatic heterocycles. The second-order valence-electron chi connectivity index (χ2n) is 15.0. The van der Waals surface area contributed by atoms with Crippen LogP contribution in [0.3, 0.4) is 0 Å². The van der Waals surface area contributed by atoms with Gasteiger partial charge < -0.3 is 27.9 Å². The highest BCUT2D eigenvalue weighted by Crippen LogP contribution is 2.38. The minimum Gasteiger partial charge on any atom is -0.756 e. The first-order chi connectivity index (χ1) is 24.8. The maximum absolute atomic E-state index is 12.7. The van der Waals surface area contributed by atoms with E-state index in [4.69, 9.17) is 21.3 Å². The fourth-order valence-electron chi connectivity index (χ4n) is 5.53. The van der Waals surface area contributed by atoms with Crippen molar-refractivity contribution < 1.29 is 44.8 Å². The molecule has 0 saturated carbocycles. The Labute approximate surface area is 311 Å². The second kappa shape index (κ2) is 33.8. The van der Waals surface area contributed by atoms with Crippen LogP contribution in [0.25, 0.3) is 0 Å². The van der Waals surface area contributed by atoms with Crippen LogP contribution in [0.2, 0.25) is 0 Å². The zero-order chi connectivity index (χ0) is 38.9. The molecular weight excluding hydrogens is 653 g/mol. The second-order valence-corrected chi connectivity index (χ2v) is 16.4. The fraction of sp³-hybridized carbons (Fsp3) is 0.950. The molecule has 0 aliphatic rings. The van der Waals surface area contributed by atoms with Gasteiger partial charge in [0.1, 0.15) is 19.8 Å². The molecule has 0 aromatic heterocycles. The van der Waals surface area contributed by atoms with Gasteiger partial charge in [-0.1, -0.05) is 168 Å². The molecule has 0 bridgehead atoms. The Morgan fingerprint density at radius 3 is 1.44 bits per heavy atom. The summed E-state index contributed by atoms with van der Waals surface area (Å²) in [5, 5.41) is 0. The van der Waals surface area contributed by atoms with Crippen LogP contribution in [-0.4, -0.2) is 70.0 Å². The Balaban J connectivity index is 4.50. The van der Waals surface area contributed by atoms with Gasteiger partial charge in [0, 0.05) is 15.6 Å². The fourth-order valence-corrected chi connectivity index (χ4v) is 6.26. The van der Waals surface area contributed by atoms with Gasteiger partial charge in [0.05, 0.1) is 27.7 Å². The van der Waals surface area contributed by atoms with Crippen molar-refractivity contribution in [1.82, 2.24) is 0 Å². The molecule has 298 valence electrons. The Morgan fingerprint density at radius 1 is 0.600 bits per heavy atom. The van der Waals surface area contributed by atoms with Gasteiger partial charge in [-0.3, -0.25) is 14.2 Å². The first-order valence-corrected chi connectivity index (χ1v) is 21.9. The topological polar surface area (TPSA) is 111 Å². The Morgan fingerprint density at radius 2 is 1.00 bits per heavy atom. The SMILES string of the molecule is [3H]C(CCCCCCC)C([3H])CCCCCCC(=O)O[C@H](COC(=O)CCCCCCCCCCCCCCC)COP(=O)([O-])OCC[N+](C)(C)C. The lowest BCUT2D eigenvalue weighted by Crippen LogP contribution is -2.37. The van der Waals surface area contributed by atoms with Crippen molar-refractivity contribution in [2.45, 2.75) is 200 Å². The van der Waals surface area contributed by atoms with Crippen LogP contribution in [0.5, 0.6) is 0 Å². The number of carbonyl (C=O) groups excluding carboxylic acids is 2. The zero-order valence-electron chi connectivity index (χ0n) is 35.1. The monoisotopic (exact) mass is 738 g/mol. The van der Waals surface area contributed by atoms with Crippen LogP contribution in [0.1, 0.15) is 196 Å². The van der Waals surface area contributed by atoms with Gasteiger partial charge in [0.2, 0.25) is 0 Å². The van der Waals surface area contributed by atoms with Crippen molar-refractivity contribution in [3.63, 3.8) is 0 Å². The quantitative estimate of drug-likeness (QED) is 0.0266. The predicted molar refractivity (Wildman–Crippen MR) is 204 cm³/mol. The summed E-state index contributed by atoms with van der Waals surface area (Å²) in [5.41, 5.74) is 0. The highest BCUT2D eigenvalue weighted by atomic mass is 31.2. The van der Waals surface area contributed by atoms with Gasteiger partial charge in [-0.2, -0.15) is 0 Å². The Hall–Kier alpha value is -0.990. The van der Waals surface area contributed by atoms with E-state index >= 15 is 0 Å². The van der Waals surface area contributed by atoms with Gasteiger partial charge in [0.25, 0.3) is 7.82 Å². The largest absolute Gasteiger partial charge is 0.756 e. The van der Waals surface area contributed by atoms with Crippen LogP contribution in [0, 0.1) is 0 Å². The van der Waals surface area contributed by atoms with E-state index in [2.05, 4.69) is 13.8 Å². The molecule has 0 aliphatic carbocycles. The number of likely N-dealkylation sites (N-methyl/N-ethyl adjacent to an activating group) is 1. The molecule has 3 unspecified atom stereocenters. The summed E-state index contributed by atoms with van der Waals surface area (Å²) < 4.78 is 50.3. The van der Waals surface area contributed by atoms with Crippen molar-refractivity contribution in [1.29, 1.82) is 0 Å². The summed E-state index contributed by atoms with van der Waals surface area (Å²) in [6.45, 7) is 4.04. The number of phosphoric ester groups is 1. The van der Waals surface area contributed by atoms with Crippen molar-refractivity contribution in [2.75, 3.05) is 47.5 Å². The van der Waals surface area contributed by atoms with E-state index in [9.17, 15) is 19.0 Å². The number of nitrogens with zero attached hydrogens (tertiary/aromatic N) is 1. The van der Waals surface area contributed by atoms with E-state index in [1.165, 1.54) is 83.5 Å². The van der Waals surface area contributed by atoms with E-state index in [0.717, 1.165) is 57.8 Å². The number of hydrogen-bond donors (Lipinski definition) is 0. The third kappa shape index (κ3) is 36.8. The van der Waals surface area contributed by atoms with Crippen molar-refractivity contribution in [3.05, 3.63) is 0 Å². The number of quaternary nitrogens is 1. The maximum Gasteiger partial charge on any atom is 0.306 e. The average molecular weight is 738 g/mol. The van der Waals surface area contributed by atoms with Crippen LogP contribution < -0.4 is 4.89 Å². The van der Waals surface area contributed by atoms with Crippen LogP contribution in [0.15, 0.2) is 0 Å². The number of unbranched alkanes of at least 4 members (excludes halogenated alkanes) is 19. The minimum atomic E-state index is -4.65. The van der Waals surface area contributed by atoms with Crippen LogP contribution in [0.4, 0.5) is 0 Å². The number of ether oxygens (including phenoxy) is 2. The molecule has 0 radical (unpaired) electrons. The normalized spacial score (nSPS) is 15.5. The van der Waals surface area contributed by atoms with Gasteiger partial charge >= 0.3 is 11.9 Å². The summed E-state index contributed by atoms with van der Waals surface area (Å²) >= 11 is 0. The number of rotatable bonds is 38. The van der Waals surface area contributed by atoms with E-state index in [1.807, 2.05) is 21.1 Å². The molecule has 0 aromatic rings. The van der Waals surface area contributed by atoms with E-state index < -0.39 is 32.5 Å². The Kier molecular flexibility index (Phi) is 30.6. The van der Waals surface area contributed by atoms with Crippen molar-refractivity contribution in [2.24, 2.45) is 0 Å². The maximum atomic E-state index is 12.7. The van der Waals surface area contributed by atoms with Gasteiger partial charge in [-0.25, -0.2) is 0 Å². The van der Waals surface area contributed by atoms with Crippen LogP contribution in [-0.2, 0) is 32.7 Å². The molecule has 0 N–H and O–H groups in total.